The van der Waals surface area contributed by atoms with Crippen LogP contribution in [0.4, 0.5) is 0 Å². The minimum Gasteiger partial charge on any atom is -0.481 e. The fourth-order valence-electron chi connectivity index (χ4n) is 0.900. The molecule has 2 N–H and O–H groups in total. The Morgan fingerprint density at radius 1 is 1.50 bits per heavy atom. The Bertz CT molecular complexity index is 414. The van der Waals surface area contributed by atoms with Gasteiger partial charge >= 0.3 is 5.97 Å². The average Bonchev–Trinajstić information content (AvgIpc) is 2.61. The average molecular weight is 262 g/mol. The second-order valence-corrected chi connectivity index (χ2v) is 5.69. The summed E-state index contributed by atoms with van der Waals surface area (Å²) < 4.78 is 0.530. The summed E-state index contributed by atoms with van der Waals surface area (Å²) in [5, 5.41) is 11.4. The first-order chi connectivity index (χ1) is 7.33. The number of carboxylic acid groups (broad SMARTS) is 1. The lowest BCUT2D eigenvalue weighted by Gasteiger charge is -2.18. The maximum atomic E-state index is 11.6. The van der Waals surface area contributed by atoms with Crippen LogP contribution in [0.5, 0.6) is 0 Å². The molecule has 1 heterocycles. The monoisotopic (exact) mass is 261 g/mol. The summed E-state index contributed by atoms with van der Waals surface area (Å²) in [4.78, 5) is 22.9. The van der Waals surface area contributed by atoms with Crippen LogP contribution in [0, 0.1) is 5.41 Å². The van der Waals surface area contributed by atoms with Crippen molar-refractivity contribution in [2.24, 2.45) is 5.41 Å². The summed E-state index contributed by atoms with van der Waals surface area (Å²) in [6.45, 7) is 3.19. The Morgan fingerprint density at radius 2 is 2.12 bits per heavy atom. The number of carbonyl (C=O) groups excluding carboxylic acids is 1. The van der Waals surface area contributed by atoms with E-state index in [9.17, 15) is 9.59 Å². The normalized spacial score (nSPS) is 11.2. The fourth-order valence-corrected chi connectivity index (χ4v) is 1.86. The lowest BCUT2D eigenvalue weighted by molar-refractivity contribution is -0.146. The zero-order chi connectivity index (χ0) is 12.3. The van der Waals surface area contributed by atoms with Crippen LogP contribution in [0.25, 0.3) is 0 Å². The predicted octanol–water partition coefficient (Wildman–Crippen LogP) is 2.24. The van der Waals surface area contributed by atoms with E-state index < -0.39 is 11.4 Å². The standard InChI is InChI=1S/C10H12ClNO3S/c1-10(2,9(14)15)5-12-8(13)6-3-4-7(11)16-6/h3-4H,5H2,1-2H3,(H,12,13)(H,14,15). The minimum absolute atomic E-state index is 0.0800. The highest BCUT2D eigenvalue weighted by Crippen LogP contribution is 2.21. The zero-order valence-electron chi connectivity index (χ0n) is 8.91. The quantitative estimate of drug-likeness (QED) is 0.874. The Morgan fingerprint density at radius 3 is 2.56 bits per heavy atom. The maximum Gasteiger partial charge on any atom is 0.310 e. The van der Waals surface area contributed by atoms with Crippen molar-refractivity contribution in [1.29, 1.82) is 0 Å². The number of nitrogens with one attached hydrogen (secondary N) is 1. The van der Waals surface area contributed by atoms with Gasteiger partial charge in [-0.25, -0.2) is 0 Å². The third kappa shape index (κ3) is 3.21. The van der Waals surface area contributed by atoms with E-state index in [0.29, 0.717) is 9.21 Å². The van der Waals surface area contributed by atoms with Gasteiger partial charge in [-0.15, -0.1) is 11.3 Å². The molecule has 0 aromatic carbocycles. The molecular weight excluding hydrogens is 250 g/mol. The Balaban J connectivity index is 2.57. The fraction of sp³-hybridized carbons (Fsp3) is 0.400. The van der Waals surface area contributed by atoms with E-state index in [1.54, 1.807) is 26.0 Å². The molecule has 0 bridgehead atoms. The third-order valence-electron chi connectivity index (χ3n) is 2.07. The first-order valence-electron chi connectivity index (χ1n) is 4.60. The van der Waals surface area contributed by atoms with E-state index in [2.05, 4.69) is 5.32 Å². The lowest BCUT2D eigenvalue weighted by atomic mass is 9.94. The predicted molar refractivity (Wildman–Crippen MR) is 63.1 cm³/mol. The largest absolute Gasteiger partial charge is 0.481 e. The molecule has 88 valence electrons. The van der Waals surface area contributed by atoms with Crippen molar-refractivity contribution in [2.75, 3.05) is 6.54 Å². The van der Waals surface area contributed by atoms with Gasteiger partial charge in [0.25, 0.3) is 5.91 Å². The Hall–Kier alpha value is -1.07. The van der Waals surface area contributed by atoms with Crippen LogP contribution in [0.3, 0.4) is 0 Å². The highest BCUT2D eigenvalue weighted by atomic mass is 35.5. The maximum absolute atomic E-state index is 11.6. The van der Waals surface area contributed by atoms with Gasteiger partial charge in [-0.1, -0.05) is 11.6 Å². The Kier molecular flexibility index (Phi) is 3.93. The molecule has 1 amide bonds. The van der Waals surface area contributed by atoms with Gasteiger partial charge in [0, 0.05) is 6.54 Å². The third-order valence-corrected chi connectivity index (χ3v) is 3.30. The number of hydrogen-bond acceptors (Lipinski definition) is 3. The molecule has 16 heavy (non-hydrogen) atoms. The summed E-state index contributed by atoms with van der Waals surface area (Å²) in [6, 6.07) is 3.24. The number of hydrogen-bond donors (Lipinski definition) is 2. The number of aliphatic carboxylic acids is 1. The molecule has 0 aliphatic rings. The van der Waals surface area contributed by atoms with Crippen LogP contribution in [0.15, 0.2) is 12.1 Å². The molecule has 0 aliphatic heterocycles. The van der Waals surface area contributed by atoms with Crippen LogP contribution in [0.2, 0.25) is 4.34 Å². The van der Waals surface area contributed by atoms with Gasteiger partial charge in [0.05, 0.1) is 14.6 Å². The van der Waals surface area contributed by atoms with Crippen molar-refractivity contribution in [1.82, 2.24) is 5.32 Å². The summed E-state index contributed by atoms with van der Waals surface area (Å²) in [6.07, 6.45) is 0. The molecule has 1 aromatic rings. The van der Waals surface area contributed by atoms with E-state index in [1.807, 2.05) is 0 Å². The number of thiophene rings is 1. The van der Waals surface area contributed by atoms with Gasteiger partial charge in [0.1, 0.15) is 0 Å². The lowest BCUT2D eigenvalue weighted by Crippen LogP contribution is -2.38. The van der Waals surface area contributed by atoms with Crippen LogP contribution < -0.4 is 5.32 Å². The van der Waals surface area contributed by atoms with Gasteiger partial charge < -0.3 is 10.4 Å². The second kappa shape index (κ2) is 4.84. The number of halogens is 1. The van der Waals surface area contributed by atoms with Crippen molar-refractivity contribution in [2.45, 2.75) is 13.8 Å². The van der Waals surface area contributed by atoms with Crippen LogP contribution in [-0.2, 0) is 4.79 Å². The van der Waals surface area contributed by atoms with Gasteiger partial charge in [0.2, 0.25) is 0 Å². The molecule has 0 spiro atoms. The van der Waals surface area contributed by atoms with Gasteiger partial charge in [-0.05, 0) is 26.0 Å². The molecule has 4 nitrogen and oxygen atoms in total. The SMILES string of the molecule is CC(C)(CNC(=O)c1ccc(Cl)s1)C(=O)O. The molecule has 0 unspecified atom stereocenters. The van der Waals surface area contributed by atoms with Crippen molar-refractivity contribution in [3.8, 4) is 0 Å². The van der Waals surface area contributed by atoms with E-state index >= 15 is 0 Å². The second-order valence-electron chi connectivity index (χ2n) is 3.98. The molecule has 0 fully saturated rings. The number of carboxylic acids is 1. The van der Waals surface area contributed by atoms with Crippen molar-refractivity contribution in [3.63, 3.8) is 0 Å². The molecule has 0 saturated carbocycles. The molecule has 0 aliphatic carbocycles. The van der Waals surface area contributed by atoms with Crippen LogP contribution in [0.1, 0.15) is 23.5 Å². The van der Waals surface area contributed by atoms with E-state index in [0.717, 1.165) is 11.3 Å². The Labute approximate surface area is 102 Å². The van der Waals surface area contributed by atoms with E-state index in [1.165, 1.54) is 0 Å². The summed E-state index contributed by atoms with van der Waals surface area (Å²) >= 11 is 6.85. The number of amides is 1. The highest BCUT2D eigenvalue weighted by Gasteiger charge is 2.27. The van der Waals surface area contributed by atoms with Crippen LogP contribution >= 0.6 is 22.9 Å². The van der Waals surface area contributed by atoms with Crippen molar-refractivity contribution < 1.29 is 14.7 Å². The first kappa shape index (κ1) is 13.0. The zero-order valence-corrected chi connectivity index (χ0v) is 10.5. The van der Waals surface area contributed by atoms with Gasteiger partial charge in [-0.2, -0.15) is 0 Å². The van der Waals surface area contributed by atoms with E-state index in [4.69, 9.17) is 16.7 Å². The van der Waals surface area contributed by atoms with E-state index in [-0.39, 0.29) is 12.5 Å². The van der Waals surface area contributed by atoms with Crippen molar-refractivity contribution in [3.05, 3.63) is 21.3 Å². The molecule has 0 saturated heterocycles. The molecule has 1 rings (SSSR count). The number of rotatable bonds is 4. The van der Waals surface area contributed by atoms with Gasteiger partial charge in [-0.3, -0.25) is 9.59 Å². The molecular formula is C10H12ClNO3S. The topological polar surface area (TPSA) is 66.4 Å². The van der Waals surface area contributed by atoms with Gasteiger partial charge in [0.15, 0.2) is 0 Å². The molecule has 6 heteroatoms. The molecule has 0 radical (unpaired) electrons. The smallest absolute Gasteiger partial charge is 0.310 e. The molecule has 1 aromatic heterocycles. The van der Waals surface area contributed by atoms with Crippen molar-refractivity contribution >= 4 is 34.8 Å². The minimum atomic E-state index is -0.975. The summed E-state index contributed by atoms with van der Waals surface area (Å²) in [5.74, 6) is -1.25. The first-order valence-corrected chi connectivity index (χ1v) is 5.79. The summed E-state index contributed by atoms with van der Waals surface area (Å²) in [5.41, 5.74) is -0.975. The highest BCUT2D eigenvalue weighted by molar-refractivity contribution is 7.17. The summed E-state index contributed by atoms with van der Waals surface area (Å²) in [7, 11) is 0. The number of carbonyl (C=O) groups is 2. The molecule has 0 atom stereocenters. The van der Waals surface area contributed by atoms with Crippen LogP contribution in [-0.4, -0.2) is 23.5 Å².